The number of methoxy groups -OCH3 is 1. The lowest BCUT2D eigenvalue weighted by atomic mass is 9.97. The molecule has 1 fully saturated rings. The minimum atomic E-state index is -2.39. The molecule has 23 heteroatoms. The summed E-state index contributed by atoms with van der Waals surface area (Å²) in [7, 11) is -1.31. The summed E-state index contributed by atoms with van der Waals surface area (Å²) in [6, 6.07) is 4.62. The van der Waals surface area contributed by atoms with Crippen molar-refractivity contribution in [2.75, 3.05) is 65.2 Å². The van der Waals surface area contributed by atoms with Gasteiger partial charge in [0.15, 0.2) is 26.6 Å². The van der Waals surface area contributed by atoms with E-state index >= 15 is 0 Å². The van der Waals surface area contributed by atoms with Crippen molar-refractivity contribution in [3.05, 3.63) is 23.8 Å². The van der Waals surface area contributed by atoms with Gasteiger partial charge in [0.05, 0.1) is 60.0 Å². The van der Waals surface area contributed by atoms with Crippen LogP contribution < -0.4 is 20.9 Å². The number of anilines is 1. The smallest absolute Gasteiger partial charge is 0.431 e. The first kappa shape index (κ1) is 57.2. The summed E-state index contributed by atoms with van der Waals surface area (Å²) in [5.74, 6) is -4.20. The number of benzene rings is 1. The van der Waals surface area contributed by atoms with Gasteiger partial charge in [-0.3, -0.25) is 28.8 Å². The molecule has 5 unspecified atom stereocenters. The molecule has 1 aliphatic rings. The monoisotopic (exact) mass is 959 g/mol. The van der Waals surface area contributed by atoms with Crippen molar-refractivity contribution in [1.29, 1.82) is 0 Å². The SMILES string of the molecule is COC(=O)C1OC(Oc2ccc(NC(=O)CCC(=O)NCCOCCOCCOCCONC(=O)OC(C)(C)C)cc2CO[Si](C)(C)C(C)(C)C)C(OC(C)=O)C(OC(C)=O)C1OC(C)=O. The standard InChI is InChI=1S/C43H69N3O19Si/c1-27(47)60-35-36(61-28(2)48)38(62-29(3)49)40(64-37(35)39(52)54-10)63-32-14-13-31(25-30(32)26-59-66(11,12)43(7,8)9)45-34(51)16-15-33(50)44-17-18-55-19-20-56-21-22-57-23-24-58-46-41(53)65-42(4,5)6/h13-14,25,35-38,40H,15-24,26H2,1-12H3,(H,44,50)(H,45,51)(H,46,53). The molecule has 0 spiro atoms. The molecule has 5 atom stereocenters. The highest BCUT2D eigenvalue weighted by Crippen LogP contribution is 2.39. The van der Waals surface area contributed by atoms with Crippen LogP contribution in [0.4, 0.5) is 10.5 Å². The maximum Gasteiger partial charge on any atom is 0.431 e. The molecule has 1 aliphatic heterocycles. The molecule has 1 heterocycles. The molecule has 22 nitrogen and oxygen atoms in total. The summed E-state index contributed by atoms with van der Waals surface area (Å²) in [5.41, 5.74) is 2.29. The van der Waals surface area contributed by atoms with Gasteiger partial charge in [-0.1, -0.05) is 20.8 Å². The molecule has 0 bridgehead atoms. The van der Waals surface area contributed by atoms with Crippen molar-refractivity contribution in [3.8, 4) is 5.75 Å². The maximum absolute atomic E-state index is 13.0. The molecule has 1 aromatic rings. The van der Waals surface area contributed by atoms with Gasteiger partial charge < -0.3 is 62.4 Å². The molecule has 0 radical (unpaired) electrons. The maximum atomic E-state index is 13.0. The lowest BCUT2D eigenvalue weighted by Gasteiger charge is -2.43. The van der Waals surface area contributed by atoms with Crippen molar-refractivity contribution in [3.63, 3.8) is 0 Å². The Morgan fingerprint density at radius 2 is 1.26 bits per heavy atom. The predicted molar refractivity (Wildman–Crippen MR) is 235 cm³/mol. The van der Waals surface area contributed by atoms with E-state index in [2.05, 4.69) is 36.9 Å². The third kappa shape index (κ3) is 21.6. The van der Waals surface area contributed by atoms with Crippen LogP contribution in [-0.2, 0) is 87.3 Å². The van der Waals surface area contributed by atoms with E-state index in [9.17, 15) is 33.6 Å². The average molecular weight is 960 g/mol. The van der Waals surface area contributed by atoms with Gasteiger partial charge in [-0.2, -0.15) is 5.48 Å². The number of amides is 3. The first-order valence-corrected chi connectivity index (χ1v) is 24.3. The lowest BCUT2D eigenvalue weighted by molar-refractivity contribution is -0.282. The number of hydroxylamine groups is 1. The van der Waals surface area contributed by atoms with Crippen LogP contribution >= 0.6 is 0 Å². The molecule has 3 N–H and O–H groups in total. The number of carbonyl (C=O) groups excluding carboxylic acids is 7. The number of hydrogen-bond donors (Lipinski definition) is 3. The third-order valence-electron chi connectivity index (χ3n) is 9.59. The largest absolute Gasteiger partial charge is 0.467 e. The summed E-state index contributed by atoms with van der Waals surface area (Å²) in [6.45, 7) is 20.8. The topological polar surface area (TPSA) is 266 Å². The van der Waals surface area contributed by atoms with E-state index in [1.807, 2.05) is 13.1 Å². The Kier molecular flexibility index (Phi) is 24.0. The van der Waals surface area contributed by atoms with E-state index in [4.69, 9.17) is 56.6 Å². The highest BCUT2D eigenvalue weighted by atomic mass is 28.4. The normalized spacial score (nSPS) is 18.6. The Balaban J connectivity index is 2.00. The van der Waals surface area contributed by atoms with Crippen molar-refractivity contribution >= 4 is 55.8 Å². The van der Waals surface area contributed by atoms with Gasteiger partial charge in [0.2, 0.25) is 24.2 Å². The predicted octanol–water partition coefficient (Wildman–Crippen LogP) is 3.62. The van der Waals surface area contributed by atoms with Crippen molar-refractivity contribution in [2.45, 2.75) is 136 Å². The van der Waals surface area contributed by atoms with E-state index < -0.39 is 80.5 Å². The van der Waals surface area contributed by atoms with Crippen LogP contribution in [-0.4, -0.2) is 146 Å². The van der Waals surface area contributed by atoms with Gasteiger partial charge in [-0.25, -0.2) is 9.59 Å². The second-order valence-corrected chi connectivity index (χ2v) is 22.2. The Hall–Kier alpha value is -4.91. The van der Waals surface area contributed by atoms with Crippen LogP contribution in [0.25, 0.3) is 0 Å². The molecular formula is C43H69N3O19Si. The van der Waals surface area contributed by atoms with Crippen LogP contribution in [0.2, 0.25) is 18.1 Å². The van der Waals surface area contributed by atoms with Gasteiger partial charge >= 0.3 is 30.0 Å². The zero-order valence-corrected chi connectivity index (χ0v) is 41.2. The van der Waals surface area contributed by atoms with Gasteiger partial charge in [-0.05, 0) is 57.1 Å². The summed E-state index contributed by atoms with van der Waals surface area (Å²) in [5, 5.41) is 5.29. The van der Waals surface area contributed by atoms with E-state index in [1.165, 1.54) is 12.1 Å². The second kappa shape index (κ2) is 27.7. The summed E-state index contributed by atoms with van der Waals surface area (Å²) in [4.78, 5) is 91.7. The number of rotatable bonds is 26. The second-order valence-electron chi connectivity index (χ2n) is 17.3. The van der Waals surface area contributed by atoms with Gasteiger partial charge in [0, 0.05) is 51.4 Å². The van der Waals surface area contributed by atoms with Crippen LogP contribution in [0.3, 0.4) is 0 Å². The Morgan fingerprint density at radius 1 is 0.712 bits per heavy atom. The molecule has 1 aromatic carbocycles. The molecule has 0 aliphatic carbocycles. The van der Waals surface area contributed by atoms with E-state index in [0.717, 1.165) is 27.9 Å². The van der Waals surface area contributed by atoms with Crippen LogP contribution in [0.1, 0.15) is 80.7 Å². The molecule has 3 amide bonds. The Labute approximate surface area is 387 Å². The number of hydrogen-bond acceptors (Lipinski definition) is 19. The third-order valence-corrected chi connectivity index (χ3v) is 14.1. The van der Waals surface area contributed by atoms with Crippen LogP contribution in [0, 0.1) is 0 Å². The van der Waals surface area contributed by atoms with E-state index in [1.54, 1.807) is 26.8 Å². The fourth-order valence-corrected chi connectivity index (χ4v) is 6.46. The molecule has 66 heavy (non-hydrogen) atoms. The Bertz CT molecular complexity index is 1770. The average Bonchev–Trinajstić information content (AvgIpc) is 3.20. The fraction of sp³-hybridized carbons (Fsp3) is 0.698. The van der Waals surface area contributed by atoms with Crippen molar-refractivity contribution in [1.82, 2.24) is 10.8 Å². The molecule has 374 valence electrons. The lowest BCUT2D eigenvalue weighted by Crippen LogP contribution is -2.64. The quantitative estimate of drug-likeness (QED) is 0.0393. The molecular weight excluding hydrogens is 891 g/mol. The summed E-state index contributed by atoms with van der Waals surface area (Å²) >= 11 is 0. The molecule has 1 saturated heterocycles. The molecule has 0 aromatic heterocycles. The minimum Gasteiger partial charge on any atom is -0.467 e. The van der Waals surface area contributed by atoms with Crippen molar-refractivity contribution in [2.24, 2.45) is 0 Å². The highest BCUT2D eigenvalue weighted by Gasteiger charge is 2.56. The number of nitrogens with one attached hydrogen (secondary N) is 3. The summed E-state index contributed by atoms with van der Waals surface area (Å²) in [6.07, 6.45) is -8.94. The van der Waals surface area contributed by atoms with E-state index in [-0.39, 0.29) is 69.1 Å². The first-order valence-electron chi connectivity index (χ1n) is 21.4. The van der Waals surface area contributed by atoms with E-state index in [0.29, 0.717) is 31.1 Å². The van der Waals surface area contributed by atoms with Gasteiger partial charge in [0.25, 0.3) is 0 Å². The minimum absolute atomic E-state index is 0.0107. The Morgan fingerprint density at radius 3 is 1.82 bits per heavy atom. The summed E-state index contributed by atoms with van der Waals surface area (Å²) < 4.78 is 61.3. The van der Waals surface area contributed by atoms with Crippen LogP contribution in [0.15, 0.2) is 18.2 Å². The fourth-order valence-electron chi connectivity index (χ4n) is 5.51. The number of carbonyl (C=O) groups is 7. The number of ether oxygens (including phenoxy) is 10. The molecule has 0 saturated carbocycles. The zero-order valence-electron chi connectivity index (χ0n) is 40.2. The highest BCUT2D eigenvalue weighted by molar-refractivity contribution is 6.74. The zero-order chi connectivity index (χ0) is 49.7. The van der Waals surface area contributed by atoms with Gasteiger partial charge in [-0.15, -0.1) is 0 Å². The number of esters is 4. The molecule has 2 rings (SSSR count). The van der Waals surface area contributed by atoms with Crippen LogP contribution in [0.5, 0.6) is 5.75 Å². The van der Waals surface area contributed by atoms with Crippen molar-refractivity contribution < 1.29 is 90.2 Å². The van der Waals surface area contributed by atoms with Gasteiger partial charge in [0.1, 0.15) is 11.4 Å². The first-order chi connectivity index (χ1) is 30.8.